The molecule has 0 fully saturated rings. The number of nitrogens with zero attached hydrogens (tertiary/aromatic N) is 1. The second-order valence-corrected chi connectivity index (χ2v) is 4.15. The highest BCUT2D eigenvalue weighted by Gasteiger charge is 2.11. The number of aromatic nitrogens is 1. The molecule has 2 aromatic rings. The first-order valence-corrected chi connectivity index (χ1v) is 5.52. The summed E-state index contributed by atoms with van der Waals surface area (Å²) in [4.78, 5) is 15.7. The third-order valence-corrected chi connectivity index (χ3v) is 2.79. The first-order chi connectivity index (χ1) is 7.66. The first kappa shape index (κ1) is 10.8. The summed E-state index contributed by atoms with van der Waals surface area (Å²) in [5.74, 6) is -0.762. The average molecular weight is 236 g/mol. The largest absolute Gasteiger partial charge is 0.298 e. The summed E-state index contributed by atoms with van der Waals surface area (Å²) in [7, 11) is 0. The van der Waals surface area contributed by atoms with Gasteiger partial charge in [0.05, 0.1) is 0 Å². The van der Waals surface area contributed by atoms with E-state index >= 15 is 0 Å². The zero-order valence-electron chi connectivity index (χ0n) is 8.53. The maximum Gasteiger partial charge on any atom is 0.257 e. The van der Waals surface area contributed by atoms with E-state index in [0.29, 0.717) is 10.7 Å². The molecule has 0 aliphatic rings. The molecule has 5 heteroatoms. The molecule has 1 aromatic heterocycles. The predicted octanol–water partition coefficient (Wildman–Crippen LogP) is 2.84. The normalized spacial score (nSPS) is 10.1. The van der Waals surface area contributed by atoms with Crippen molar-refractivity contribution in [2.75, 3.05) is 5.32 Å². The summed E-state index contributed by atoms with van der Waals surface area (Å²) in [6.45, 7) is 1.76. The number of nitrogens with one attached hydrogen (secondary N) is 1. The summed E-state index contributed by atoms with van der Waals surface area (Å²) >= 11 is 1.32. The zero-order valence-corrected chi connectivity index (χ0v) is 9.34. The number of aryl methyl sites for hydroxylation is 1. The molecule has 0 radical (unpaired) electrons. The highest BCUT2D eigenvalue weighted by molar-refractivity contribution is 7.13. The molecule has 0 saturated heterocycles. The number of halogens is 1. The number of rotatable bonds is 2. The van der Waals surface area contributed by atoms with E-state index < -0.39 is 5.82 Å². The van der Waals surface area contributed by atoms with Gasteiger partial charge in [-0.15, -0.1) is 11.3 Å². The van der Waals surface area contributed by atoms with Crippen LogP contribution in [0.4, 0.5) is 9.52 Å². The van der Waals surface area contributed by atoms with Crippen LogP contribution < -0.4 is 5.32 Å². The van der Waals surface area contributed by atoms with Crippen molar-refractivity contribution in [1.29, 1.82) is 0 Å². The van der Waals surface area contributed by atoms with Gasteiger partial charge in [-0.3, -0.25) is 10.1 Å². The van der Waals surface area contributed by atoms with Crippen molar-refractivity contribution in [3.63, 3.8) is 0 Å². The lowest BCUT2D eigenvalue weighted by Gasteiger charge is -2.05. The lowest BCUT2D eigenvalue weighted by atomic mass is 10.1. The minimum atomic E-state index is -0.421. The lowest BCUT2D eigenvalue weighted by Crippen LogP contribution is -2.13. The number of carbonyl (C=O) groups is 1. The zero-order chi connectivity index (χ0) is 11.5. The van der Waals surface area contributed by atoms with E-state index in [0.717, 1.165) is 5.56 Å². The third kappa shape index (κ3) is 2.25. The monoisotopic (exact) mass is 236 g/mol. The Hall–Kier alpha value is -1.75. The summed E-state index contributed by atoms with van der Waals surface area (Å²) in [6, 6.07) is 4.12. The molecular weight excluding hydrogens is 227 g/mol. The molecule has 1 amide bonds. The Kier molecular flexibility index (Phi) is 2.96. The molecule has 0 aliphatic heterocycles. The number of carbonyl (C=O) groups excluding carboxylic acids is 1. The van der Waals surface area contributed by atoms with Crippen molar-refractivity contribution in [3.8, 4) is 0 Å². The quantitative estimate of drug-likeness (QED) is 0.871. The van der Waals surface area contributed by atoms with Crippen molar-refractivity contribution in [2.24, 2.45) is 0 Å². The van der Waals surface area contributed by atoms with Gasteiger partial charge in [0.15, 0.2) is 5.13 Å². The maximum absolute atomic E-state index is 13.0. The van der Waals surface area contributed by atoms with Gasteiger partial charge < -0.3 is 0 Å². The molecule has 0 spiro atoms. The number of anilines is 1. The Balaban J connectivity index is 2.24. The minimum absolute atomic E-state index is 0.329. The van der Waals surface area contributed by atoms with Gasteiger partial charge in [0.25, 0.3) is 5.91 Å². The Morgan fingerprint density at radius 3 is 3.00 bits per heavy atom. The van der Waals surface area contributed by atoms with E-state index in [2.05, 4.69) is 10.3 Å². The molecule has 1 aromatic carbocycles. The maximum atomic E-state index is 13.0. The molecule has 82 valence electrons. The SMILES string of the molecule is Cc1ccc(F)cc1C(=O)Nc1nccs1. The molecule has 2 rings (SSSR count). The molecule has 1 heterocycles. The van der Waals surface area contributed by atoms with Crippen LogP contribution in [0.2, 0.25) is 0 Å². The lowest BCUT2D eigenvalue weighted by molar-refractivity contribution is 0.102. The van der Waals surface area contributed by atoms with E-state index in [4.69, 9.17) is 0 Å². The standard InChI is InChI=1S/C11H9FN2OS/c1-7-2-3-8(12)6-9(7)10(15)14-11-13-4-5-16-11/h2-6H,1H3,(H,13,14,15). The van der Waals surface area contributed by atoms with Crippen molar-refractivity contribution < 1.29 is 9.18 Å². The van der Waals surface area contributed by atoms with Crippen molar-refractivity contribution in [2.45, 2.75) is 6.92 Å². The first-order valence-electron chi connectivity index (χ1n) is 4.64. The molecule has 1 N–H and O–H groups in total. The number of benzene rings is 1. The molecule has 0 unspecified atom stereocenters. The Bertz CT molecular complexity index is 511. The fourth-order valence-corrected chi connectivity index (χ4v) is 1.81. The van der Waals surface area contributed by atoms with Gasteiger partial charge in [0.1, 0.15) is 5.82 Å². The van der Waals surface area contributed by atoms with Gasteiger partial charge in [-0.25, -0.2) is 9.37 Å². The highest BCUT2D eigenvalue weighted by atomic mass is 32.1. The van der Waals surface area contributed by atoms with Crippen LogP contribution in [0.5, 0.6) is 0 Å². The van der Waals surface area contributed by atoms with Crippen molar-refractivity contribution >= 4 is 22.4 Å². The highest BCUT2D eigenvalue weighted by Crippen LogP contribution is 2.15. The molecule has 3 nitrogen and oxygen atoms in total. The predicted molar refractivity (Wildman–Crippen MR) is 61.2 cm³/mol. The average Bonchev–Trinajstić information content (AvgIpc) is 2.74. The van der Waals surface area contributed by atoms with E-state index in [9.17, 15) is 9.18 Å². The Labute approximate surface area is 96.0 Å². The van der Waals surface area contributed by atoms with Crippen LogP contribution in [0.15, 0.2) is 29.8 Å². The molecular formula is C11H9FN2OS. The van der Waals surface area contributed by atoms with Gasteiger partial charge in [0.2, 0.25) is 0 Å². The van der Waals surface area contributed by atoms with Gasteiger partial charge >= 0.3 is 0 Å². The van der Waals surface area contributed by atoms with Gasteiger partial charge in [0, 0.05) is 17.1 Å². The number of hydrogen-bond acceptors (Lipinski definition) is 3. The molecule has 0 atom stereocenters. The third-order valence-electron chi connectivity index (χ3n) is 2.10. The number of hydrogen-bond donors (Lipinski definition) is 1. The van der Waals surface area contributed by atoms with E-state index in [1.54, 1.807) is 24.6 Å². The minimum Gasteiger partial charge on any atom is -0.298 e. The van der Waals surface area contributed by atoms with E-state index in [-0.39, 0.29) is 5.91 Å². The topological polar surface area (TPSA) is 42.0 Å². The fourth-order valence-electron chi connectivity index (χ4n) is 1.29. The molecule has 16 heavy (non-hydrogen) atoms. The Morgan fingerprint density at radius 2 is 2.31 bits per heavy atom. The summed E-state index contributed by atoms with van der Waals surface area (Å²) < 4.78 is 13.0. The second-order valence-electron chi connectivity index (χ2n) is 3.25. The number of amides is 1. The summed E-state index contributed by atoms with van der Waals surface area (Å²) in [6.07, 6.45) is 1.60. The van der Waals surface area contributed by atoms with Crippen LogP contribution in [0.25, 0.3) is 0 Å². The molecule has 0 bridgehead atoms. The van der Waals surface area contributed by atoms with Gasteiger partial charge in [-0.05, 0) is 24.6 Å². The summed E-state index contributed by atoms with van der Waals surface area (Å²) in [5.41, 5.74) is 1.06. The smallest absolute Gasteiger partial charge is 0.257 e. The van der Waals surface area contributed by atoms with Crippen LogP contribution in [0, 0.1) is 12.7 Å². The molecule has 0 aliphatic carbocycles. The van der Waals surface area contributed by atoms with Crippen LogP contribution >= 0.6 is 11.3 Å². The van der Waals surface area contributed by atoms with Crippen LogP contribution in [-0.2, 0) is 0 Å². The van der Waals surface area contributed by atoms with E-state index in [1.807, 2.05) is 0 Å². The second kappa shape index (κ2) is 4.40. The van der Waals surface area contributed by atoms with Crippen molar-refractivity contribution in [1.82, 2.24) is 4.98 Å². The van der Waals surface area contributed by atoms with Crippen molar-refractivity contribution in [3.05, 3.63) is 46.7 Å². The fraction of sp³-hybridized carbons (Fsp3) is 0.0909. The van der Waals surface area contributed by atoms with E-state index in [1.165, 1.54) is 23.5 Å². The number of thiazole rings is 1. The molecule has 0 saturated carbocycles. The summed E-state index contributed by atoms with van der Waals surface area (Å²) in [5, 5.41) is 4.87. The van der Waals surface area contributed by atoms with Crippen LogP contribution in [-0.4, -0.2) is 10.9 Å². The Morgan fingerprint density at radius 1 is 1.50 bits per heavy atom. The van der Waals surface area contributed by atoms with Crippen LogP contribution in [0.3, 0.4) is 0 Å². The van der Waals surface area contributed by atoms with Gasteiger partial charge in [-0.2, -0.15) is 0 Å². The van der Waals surface area contributed by atoms with Crippen LogP contribution in [0.1, 0.15) is 15.9 Å². The van der Waals surface area contributed by atoms with Gasteiger partial charge in [-0.1, -0.05) is 6.07 Å².